The van der Waals surface area contributed by atoms with E-state index in [1.807, 2.05) is 0 Å². The lowest BCUT2D eigenvalue weighted by atomic mass is 9.93. The summed E-state index contributed by atoms with van der Waals surface area (Å²) in [5.41, 5.74) is 0. The minimum atomic E-state index is -0.633. The fraction of sp³-hybridized carbons (Fsp3) is 0.750. The third kappa shape index (κ3) is 1.96. The van der Waals surface area contributed by atoms with E-state index < -0.39 is 17.0 Å². The summed E-state index contributed by atoms with van der Waals surface area (Å²) in [5, 5.41) is 23.8. The maximum atomic E-state index is 10.4. The Bertz CT molecular complexity index is 365. The van der Waals surface area contributed by atoms with Crippen LogP contribution in [-0.2, 0) is 0 Å². The molecule has 0 aliphatic heterocycles. The molecule has 2 rings (SSSR count). The summed E-state index contributed by atoms with van der Waals surface area (Å²) in [5.74, 6) is -0.409. The second kappa shape index (κ2) is 3.93. The van der Waals surface area contributed by atoms with Crippen LogP contribution < -0.4 is 0 Å². The number of aliphatic hydroxyl groups excluding tert-OH is 1. The Balaban J connectivity index is 2.17. The van der Waals surface area contributed by atoms with Crippen LogP contribution in [0.5, 0.6) is 0 Å². The number of aromatic nitrogens is 3. The van der Waals surface area contributed by atoms with Crippen molar-refractivity contribution in [2.24, 2.45) is 0 Å². The first-order valence-electron chi connectivity index (χ1n) is 4.92. The Hall–Kier alpha value is -1.50. The lowest BCUT2D eigenvalue weighted by Gasteiger charge is -2.25. The van der Waals surface area contributed by atoms with Crippen LogP contribution in [-0.4, -0.2) is 30.9 Å². The maximum absolute atomic E-state index is 10.4. The van der Waals surface area contributed by atoms with Crippen molar-refractivity contribution < 1.29 is 10.0 Å². The summed E-state index contributed by atoms with van der Waals surface area (Å²) in [7, 11) is 0. The molecule has 0 unspecified atom stereocenters. The summed E-state index contributed by atoms with van der Waals surface area (Å²) >= 11 is 0. The highest BCUT2D eigenvalue weighted by atomic mass is 16.6. The molecule has 1 aliphatic carbocycles. The van der Waals surface area contributed by atoms with Gasteiger partial charge in [0.2, 0.25) is 6.33 Å². The van der Waals surface area contributed by atoms with Gasteiger partial charge in [-0.15, -0.1) is 0 Å². The van der Waals surface area contributed by atoms with E-state index in [9.17, 15) is 15.2 Å². The van der Waals surface area contributed by atoms with Crippen LogP contribution in [0.3, 0.4) is 0 Å². The molecule has 1 N–H and O–H groups in total. The van der Waals surface area contributed by atoms with E-state index in [1.54, 1.807) is 0 Å². The van der Waals surface area contributed by atoms with Gasteiger partial charge >= 0.3 is 5.95 Å². The van der Waals surface area contributed by atoms with E-state index in [-0.39, 0.29) is 6.04 Å². The van der Waals surface area contributed by atoms with Gasteiger partial charge in [-0.25, -0.2) is 0 Å². The van der Waals surface area contributed by atoms with Crippen LogP contribution in [0, 0.1) is 10.1 Å². The molecule has 15 heavy (non-hydrogen) atoms. The third-order valence-corrected chi connectivity index (χ3v) is 2.69. The zero-order valence-corrected chi connectivity index (χ0v) is 8.11. The predicted octanol–water partition coefficient (Wildman–Crippen LogP) is 0.662. The van der Waals surface area contributed by atoms with E-state index in [1.165, 1.54) is 11.0 Å². The number of rotatable bonds is 2. The molecule has 1 aromatic rings. The summed E-state index contributed by atoms with van der Waals surface area (Å²) in [6.45, 7) is 0. The first kappa shape index (κ1) is 10.0. The van der Waals surface area contributed by atoms with E-state index in [4.69, 9.17) is 0 Å². The minimum Gasteiger partial charge on any atom is -0.391 e. The van der Waals surface area contributed by atoms with Crippen molar-refractivity contribution in [1.29, 1.82) is 0 Å². The molecule has 1 saturated carbocycles. The number of hydrogen-bond donors (Lipinski definition) is 1. The molecule has 0 saturated heterocycles. The average Bonchev–Trinajstić information content (AvgIpc) is 2.67. The second-order valence-electron chi connectivity index (χ2n) is 3.70. The van der Waals surface area contributed by atoms with Gasteiger partial charge in [0.1, 0.15) is 0 Å². The molecule has 0 radical (unpaired) electrons. The molecule has 82 valence electrons. The summed E-state index contributed by atoms with van der Waals surface area (Å²) in [6.07, 6.45) is 4.36. The first-order chi connectivity index (χ1) is 7.18. The van der Waals surface area contributed by atoms with Gasteiger partial charge in [-0.05, 0) is 17.8 Å². The Morgan fingerprint density at radius 3 is 2.87 bits per heavy atom. The van der Waals surface area contributed by atoms with Gasteiger partial charge in [0.25, 0.3) is 0 Å². The molecule has 1 fully saturated rings. The van der Waals surface area contributed by atoms with Crippen molar-refractivity contribution in [1.82, 2.24) is 14.8 Å². The highest BCUT2D eigenvalue weighted by Gasteiger charge is 2.28. The lowest BCUT2D eigenvalue weighted by molar-refractivity contribution is -0.394. The van der Waals surface area contributed by atoms with Gasteiger partial charge in [-0.2, -0.15) is 4.68 Å². The molecule has 1 aromatic heterocycles. The number of nitro groups is 1. The molecule has 1 aliphatic rings. The quantitative estimate of drug-likeness (QED) is 0.574. The number of hydrogen-bond acceptors (Lipinski definition) is 5. The molecule has 1 heterocycles. The lowest BCUT2D eigenvalue weighted by Crippen LogP contribution is -2.27. The molecule has 2 atom stereocenters. The van der Waals surface area contributed by atoms with Crippen LogP contribution in [0.1, 0.15) is 31.7 Å². The zero-order valence-electron chi connectivity index (χ0n) is 8.11. The third-order valence-electron chi connectivity index (χ3n) is 2.69. The topological polar surface area (TPSA) is 94.1 Å². The first-order valence-corrected chi connectivity index (χ1v) is 4.92. The van der Waals surface area contributed by atoms with Gasteiger partial charge in [0.15, 0.2) is 0 Å². The largest absolute Gasteiger partial charge is 0.490 e. The molecule has 7 heteroatoms. The molecule has 7 nitrogen and oxygen atoms in total. The normalized spacial score (nSPS) is 26.5. The Morgan fingerprint density at radius 2 is 2.27 bits per heavy atom. The maximum Gasteiger partial charge on any atom is 0.490 e. The highest BCUT2D eigenvalue weighted by Crippen LogP contribution is 2.28. The van der Waals surface area contributed by atoms with Crippen molar-refractivity contribution in [2.75, 3.05) is 0 Å². The van der Waals surface area contributed by atoms with Crippen LogP contribution >= 0.6 is 0 Å². The predicted molar refractivity (Wildman–Crippen MR) is 50.2 cm³/mol. The van der Waals surface area contributed by atoms with Crippen LogP contribution in [0.25, 0.3) is 0 Å². The highest BCUT2D eigenvalue weighted by molar-refractivity contribution is 4.98. The summed E-state index contributed by atoms with van der Waals surface area (Å²) < 4.78 is 1.40. The van der Waals surface area contributed by atoms with E-state index in [0.717, 1.165) is 25.7 Å². The van der Waals surface area contributed by atoms with Crippen molar-refractivity contribution in [3.8, 4) is 0 Å². The molecular weight excluding hydrogens is 200 g/mol. The van der Waals surface area contributed by atoms with Crippen LogP contribution in [0.4, 0.5) is 5.95 Å². The average molecular weight is 212 g/mol. The smallest absolute Gasteiger partial charge is 0.391 e. The number of aliphatic hydroxyl groups is 1. The van der Waals surface area contributed by atoms with E-state index >= 15 is 0 Å². The Kier molecular flexibility index (Phi) is 2.63. The van der Waals surface area contributed by atoms with Crippen LogP contribution in [0.2, 0.25) is 0 Å². The fourth-order valence-corrected chi connectivity index (χ4v) is 1.91. The SMILES string of the molecule is O=[N+]([O-])c1ncn([C@H]2CCCC[C@@H]2O)n1. The van der Waals surface area contributed by atoms with Crippen LogP contribution in [0.15, 0.2) is 6.33 Å². The molecule has 0 bridgehead atoms. The van der Waals surface area contributed by atoms with Gasteiger partial charge in [0, 0.05) is 5.10 Å². The zero-order chi connectivity index (χ0) is 10.8. The van der Waals surface area contributed by atoms with Crippen molar-refractivity contribution >= 4 is 5.95 Å². The van der Waals surface area contributed by atoms with Crippen molar-refractivity contribution in [3.05, 3.63) is 16.4 Å². The Labute approximate surface area is 85.9 Å². The van der Waals surface area contributed by atoms with Gasteiger partial charge < -0.3 is 15.2 Å². The molecule has 0 spiro atoms. The fourth-order valence-electron chi connectivity index (χ4n) is 1.91. The molecule has 0 aromatic carbocycles. The van der Waals surface area contributed by atoms with Gasteiger partial charge in [-0.3, -0.25) is 0 Å². The van der Waals surface area contributed by atoms with E-state index in [2.05, 4.69) is 10.1 Å². The van der Waals surface area contributed by atoms with Crippen molar-refractivity contribution in [2.45, 2.75) is 37.8 Å². The Morgan fingerprint density at radius 1 is 1.53 bits per heavy atom. The second-order valence-corrected chi connectivity index (χ2v) is 3.70. The molecule has 0 amide bonds. The summed E-state index contributed by atoms with van der Waals surface area (Å²) in [4.78, 5) is 13.3. The number of nitrogens with zero attached hydrogens (tertiary/aromatic N) is 4. The minimum absolute atomic E-state index is 0.167. The molecular formula is C8H12N4O3. The standard InChI is InChI=1S/C8H12N4O3/c13-7-4-2-1-3-6(7)11-5-9-8(10-11)12(14)15/h5-7,13H,1-4H2/t6-,7-/m0/s1. The van der Waals surface area contributed by atoms with Gasteiger partial charge in [-0.1, -0.05) is 17.8 Å². The van der Waals surface area contributed by atoms with Gasteiger partial charge in [0.05, 0.1) is 12.1 Å². The van der Waals surface area contributed by atoms with Crippen molar-refractivity contribution in [3.63, 3.8) is 0 Å². The summed E-state index contributed by atoms with van der Waals surface area (Å²) in [6, 6.07) is -0.167. The van der Waals surface area contributed by atoms with E-state index in [0.29, 0.717) is 0 Å². The monoisotopic (exact) mass is 212 g/mol.